The highest BCUT2D eigenvalue weighted by molar-refractivity contribution is 5.97. The van der Waals surface area contributed by atoms with Crippen molar-refractivity contribution < 1.29 is 14.3 Å². The van der Waals surface area contributed by atoms with E-state index in [1.165, 1.54) is 13.0 Å². The zero-order valence-electron chi connectivity index (χ0n) is 12.2. The summed E-state index contributed by atoms with van der Waals surface area (Å²) in [4.78, 5) is 15.9. The highest BCUT2D eigenvalue weighted by atomic mass is 19.1. The molecule has 1 unspecified atom stereocenters. The van der Waals surface area contributed by atoms with Gasteiger partial charge in [0.05, 0.1) is 5.56 Å². The number of aromatic hydroxyl groups is 1. The fourth-order valence-electron chi connectivity index (χ4n) is 2.68. The molecule has 1 atom stereocenters. The normalized spacial score (nSPS) is 21.1. The first-order chi connectivity index (χ1) is 9.38. The molecule has 1 heterocycles. The SMILES string of the molecule is CC(=O)c1cc(F)cc(CN2CCN(C)CC2C)c1O. The molecule has 1 aliphatic rings. The van der Waals surface area contributed by atoms with Gasteiger partial charge >= 0.3 is 0 Å². The molecule has 0 saturated carbocycles. The monoisotopic (exact) mass is 280 g/mol. The lowest BCUT2D eigenvalue weighted by Crippen LogP contribution is -2.49. The average molecular weight is 280 g/mol. The van der Waals surface area contributed by atoms with Gasteiger partial charge in [-0.25, -0.2) is 4.39 Å². The average Bonchev–Trinajstić information content (AvgIpc) is 2.36. The number of Topliss-reactive ketones (excluding diaryl/α,β-unsaturated/α-hetero) is 1. The molecule has 1 N–H and O–H groups in total. The summed E-state index contributed by atoms with van der Waals surface area (Å²) in [6.07, 6.45) is 0. The van der Waals surface area contributed by atoms with Crippen LogP contribution in [-0.2, 0) is 6.54 Å². The molecule has 0 radical (unpaired) electrons. The molecule has 4 nitrogen and oxygen atoms in total. The van der Waals surface area contributed by atoms with Crippen molar-refractivity contribution in [2.24, 2.45) is 0 Å². The molecular weight excluding hydrogens is 259 g/mol. The van der Waals surface area contributed by atoms with E-state index in [0.29, 0.717) is 18.2 Å². The van der Waals surface area contributed by atoms with Crippen LogP contribution in [0.4, 0.5) is 4.39 Å². The van der Waals surface area contributed by atoms with Crippen LogP contribution in [0.5, 0.6) is 5.75 Å². The minimum Gasteiger partial charge on any atom is -0.507 e. The number of rotatable bonds is 3. The van der Waals surface area contributed by atoms with Gasteiger partial charge in [0.2, 0.25) is 0 Å². The first kappa shape index (κ1) is 14.9. The van der Waals surface area contributed by atoms with Crippen LogP contribution in [0.1, 0.15) is 29.8 Å². The summed E-state index contributed by atoms with van der Waals surface area (Å²) in [7, 11) is 2.07. The lowest BCUT2D eigenvalue weighted by molar-refractivity contribution is 0.0928. The van der Waals surface area contributed by atoms with E-state index in [-0.39, 0.29) is 17.1 Å². The van der Waals surface area contributed by atoms with E-state index < -0.39 is 5.82 Å². The van der Waals surface area contributed by atoms with Crippen molar-refractivity contribution in [3.63, 3.8) is 0 Å². The Hall–Kier alpha value is -1.46. The molecule has 1 aromatic carbocycles. The maximum Gasteiger partial charge on any atom is 0.163 e. The van der Waals surface area contributed by atoms with Crippen LogP contribution in [0.3, 0.4) is 0 Å². The van der Waals surface area contributed by atoms with Crippen molar-refractivity contribution in [2.45, 2.75) is 26.4 Å². The number of phenolic OH excluding ortho intramolecular Hbond substituents is 1. The van der Waals surface area contributed by atoms with Crippen LogP contribution >= 0.6 is 0 Å². The molecule has 20 heavy (non-hydrogen) atoms. The highest BCUT2D eigenvalue weighted by Crippen LogP contribution is 2.27. The van der Waals surface area contributed by atoms with Crippen LogP contribution in [0, 0.1) is 5.82 Å². The smallest absolute Gasteiger partial charge is 0.163 e. The first-order valence-electron chi connectivity index (χ1n) is 6.83. The predicted octanol–water partition coefficient (Wildman–Crippen LogP) is 1.87. The zero-order valence-corrected chi connectivity index (χ0v) is 12.2. The standard InChI is InChI=1S/C15H21FN2O2/c1-10-8-17(3)4-5-18(10)9-12-6-13(16)7-14(11(2)19)15(12)20/h6-7,10,20H,4-5,8-9H2,1-3H3. The second kappa shape index (κ2) is 5.89. The summed E-state index contributed by atoms with van der Waals surface area (Å²) >= 11 is 0. The first-order valence-corrected chi connectivity index (χ1v) is 6.83. The van der Waals surface area contributed by atoms with Gasteiger partial charge in [-0.3, -0.25) is 9.69 Å². The Kier molecular flexibility index (Phi) is 4.40. The van der Waals surface area contributed by atoms with Gasteiger partial charge in [-0.1, -0.05) is 0 Å². The number of likely N-dealkylation sites (N-methyl/N-ethyl adjacent to an activating group) is 1. The number of carbonyl (C=O) groups is 1. The summed E-state index contributed by atoms with van der Waals surface area (Å²) in [5.41, 5.74) is 0.536. The maximum absolute atomic E-state index is 13.6. The summed E-state index contributed by atoms with van der Waals surface area (Å²) in [5.74, 6) is -0.899. The number of benzene rings is 1. The number of nitrogens with zero attached hydrogens (tertiary/aromatic N) is 2. The number of hydrogen-bond donors (Lipinski definition) is 1. The largest absolute Gasteiger partial charge is 0.507 e. The molecule has 2 rings (SSSR count). The van der Waals surface area contributed by atoms with Gasteiger partial charge in [0, 0.05) is 37.8 Å². The van der Waals surface area contributed by atoms with Gasteiger partial charge in [0.15, 0.2) is 5.78 Å². The molecule has 110 valence electrons. The maximum atomic E-state index is 13.6. The lowest BCUT2D eigenvalue weighted by Gasteiger charge is -2.38. The minimum absolute atomic E-state index is 0.0572. The van der Waals surface area contributed by atoms with Crippen LogP contribution in [0.2, 0.25) is 0 Å². The number of halogens is 1. The second-order valence-corrected chi connectivity index (χ2v) is 5.60. The van der Waals surface area contributed by atoms with Crippen molar-refractivity contribution >= 4 is 5.78 Å². The third-order valence-corrected chi connectivity index (χ3v) is 3.87. The Labute approximate surface area is 118 Å². The van der Waals surface area contributed by atoms with Crippen LogP contribution in [-0.4, -0.2) is 53.4 Å². The Balaban J connectivity index is 2.23. The van der Waals surface area contributed by atoms with Gasteiger partial charge < -0.3 is 10.0 Å². The Morgan fingerprint density at radius 1 is 1.45 bits per heavy atom. The molecule has 1 fully saturated rings. The van der Waals surface area contributed by atoms with E-state index in [9.17, 15) is 14.3 Å². The van der Waals surface area contributed by atoms with Crippen LogP contribution < -0.4 is 0 Å². The number of ketones is 1. The molecule has 0 aromatic heterocycles. The quantitative estimate of drug-likeness (QED) is 0.859. The number of carbonyl (C=O) groups excluding carboxylic acids is 1. The number of piperazine rings is 1. The topological polar surface area (TPSA) is 43.8 Å². The molecule has 1 aromatic rings. The Bertz CT molecular complexity index is 519. The molecule has 0 spiro atoms. The molecule has 1 aliphatic heterocycles. The van der Waals surface area contributed by atoms with Crippen molar-refractivity contribution in [1.82, 2.24) is 9.80 Å². The molecule has 0 bridgehead atoms. The van der Waals surface area contributed by atoms with E-state index in [2.05, 4.69) is 23.8 Å². The molecule has 5 heteroatoms. The third kappa shape index (κ3) is 3.16. The Morgan fingerprint density at radius 3 is 2.75 bits per heavy atom. The summed E-state index contributed by atoms with van der Waals surface area (Å²) in [6.45, 7) is 6.65. The third-order valence-electron chi connectivity index (χ3n) is 3.87. The molecular formula is C15H21FN2O2. The van der Waals surface area contributed by atoms with Crippen molar-refractivity contribution in [1.29, 1.82) is 0 Å². The van der Waals surface area contributed by atoms with Gasteiger partial charge in [-0.2, -0.15) is 0 Å². The minimum atomic E-state index is -0.482. The molecule has 0 amide bonds. The van der Waals surface area contributed by atoms with Gasteiger partial charge in [0.1, 0.15) is 11.6 Å². The van der Waals surface area contributed by atoms with Crippen LogP contribution in [0.15, 0.2) is 12.1 Å². The number of hydrogen-bond acceptors (Lipinski definition) is 4. The van der Waals surface area contributed by atoms with E-state index in [1.54, 1.807) is 0 Å². The Morgan fingerprint density at radius 2 is 2.15 bits per heavy atom. The van der Waals surface area contributed by atoms with E-state index >= 15 is 0 Å². The molecule has 0 aliphatic carbocycles. The predicted molar refractivity (Wildman–Crippen MR) is 75.4 cm³/mol. The molecule has 1 saturated heterocycles. The van der Waals surface area contributed by atoms with E-state index in [0.717, 1.165) is 25.7 Å². The van der Waals surface area contributed by atoms with E-state index in [1.807, 2.05) is 0 Å². The number of phenols is 1. The fourth-order valence-corrected chi connectivity index (χ4v) is 2.68. The summed E-state index contributed by atoms with van der Waals surface area (Å²) < 4.78 is 13.6. The fraction of sp³-hybridized carbons (Fsp3) is 0.533. The van der Waals surface area contributed by atoms with Gasteiger partial charge in [-0.05, 0) is 33.0 Å². The van der Waals surface area contributed by atoms with Crippen molar-refractivity contribution in [3.8, 4) is 5.75 Å². The van der Waals surface area contributed by atoms with Crippen LogP contribution in [0.25, 0.3) is 0 Å². The highest BCUT2D eigenvalue weighted by Gasteiger charge is 2.23. The summed E-state index contributed by atoms with van der Waals surface area (Å²) in [6, 6.07) is 2.73. The van der Waals surface area contributed by atoms with Gasteiger partial charge in [-0.15, -0.1) is 0 Å². The van der Waals surface area contributed by atoms with Crippen molar-refractivity contribution in [2.75, 3.05) is 26.7 Å². The van der Waals surface area contributed by atoms with Crippen molar-refractivity contribution in [3.05, 3.63) is 29.1 Å². The van der Waals surface area contributed by atoms with E-state index in [4.69, 9.17) is 0 Å². The zero-order chi connectivity index (χ0) is 14.9. The van der Waals surface area contributed by atoms with Gasteiger partial charge in [0.25, 0.3) is 0 Å². The summed E-state index contributed by atoms with van der Waals surface area (Å²) in [5, 5.41) is 10.1. The second-order valence-electron chi connectivity index (χ2n) is 5.60. The lowest BCUT2D eigenvalue weighted by atomic mass is 10.0.